The Kier molecular flexibility index (Phi) is 3.53. The number of hydrogen-bond donors (Lipinski definition) is 1. The molecule has 0 saturated heterocycles. The smallest absolute Gasteiger partial charge is 0.376 e. The van der Waals surface area contributed by atoms with Crippen LogP contribution in [0, 0.1) is 5.92 Å². The molecule has 0 aromatic carbocycles. The molecule has 1 aliphatic rings. The zero-order valence-electron chi connectivity index (χ0n) is 9.63. The number of nitrogens with zero attached hydrogens (tertiary/aromatic N) is 2. The molecule has 1 saturated carbocycles. The van der Waals surface area contributed by atoms with E-state index in [0.717, 1.165) is 12.8 Å². The maximum atomic E-state index is 11.2. The number of aromatic nitrogens is 2. The highest BCUT2D eigenvalue weighted by atomic mass is 16.5. The highest BCUT2D eigenvalue weighted by Gasteiger charge is 2.30. The van der Waals surface area contributed by atoms with Gasteiger partial charge in [0.1, 0.15) is 6.10 Å². The molecule has 1 fully saturated rings. The Balaban J connectivity index is 1.95. The van der Waals surface area contributed by atoms with Gasteiger partial charge >= 0.3 is 5.97 Å². The monoisotopic (exact) mass is 237 g/mol. The minimum atomic E-state index is -0.566. The average Bonchev–Trinajstić information content (AvgIpc) is 2.32. The Bertz CT molecular complexity index is 405. The molecule has 0 radical (unpaired) electrons. The molecule has 17 heavy (non-hydrogen) atoms. The summed E-state index contributed by atoms with van der Waals surface area (Å²) in [7, 11) is 1.29. The first-order valence-electron chi connectivity index (χ1n) is 5.51. The van der Waals surface area contributed by atoms with Crippen molar-refractivity contribution in [2.75, 3.05) is 13.7 Å². The number of hydrogen-bond acceptors (Lipinski definition) is 6. The van der Waals surface area contributed by atoms with Crippen molar-refractivity contribution in [2.24, 2.45) is 11.7 Å². The van der Waals surface area contributed by atoms with Gasteiger partial charge in [-0.1, -0.05) is 0 Å². The minimum absolute atomic E-state index is 0.0136. The van der Waals surface area contributed by atoms with E-state index in [2.05, 4.69) is 14.7 Å². The third kappa shape index (κ3) is 2.71. The van der Waals surface area contributed by atoms with Gasteiger partial charge in [0.25, 0.3) is 0 Å². The highest BCUT2D eigenvalue weighted by molar-refractivity contribution is 5.84. The summed E-state index contributed by atoms with van der Waals surface area (Å²) >= 11 is 0. The lowest BCUT2D eigenvalue weighted by atomic mass is 9.82. The van der Waals surface area contributed by atoms with Crippen molar-refractivity contribution < 1.29 is 14.3 Å². The summed E-state index contributed by atoms with van der Waals surface area (Å²) in [6.07, 6.45) is 3.50. The van der Waals surface area contributed by atoms with Crippen molar-refractivity contribution in [2.45, 2.75) is 18.9 Å². The van der Waals surface area contributed by atoms with Crippen LogP contribution in [0.25, 0.3) is 0 Å². The van der Waals surface area contributed by atoms with Crippen molar-refractivity contribution in [3.63, 3.8) is 0 Å². The van der Waals surface area contributed by atoms with Crippen LogP contribution in [-0.4, -0.2) is 35.7 Å². The molecule has 2 rings (SSSR count). The van der Waals surface area contributed by atoms with Crippen LogP contribution < -0.4 is 10.5 Å². The third-order valence-corrected chi connectivity index (χ3v) is 2.81. The van der Waals surface area contributed by atoms with E-state index in [1.165, 1.54) is 13.3 Å². The van der Waals surface area contributed by atoms with E-state index in [4.69, 9.17) is 10.5 Å². The number of nitrogens with two attached hydrogens (primary N) is 1. The van der Waals surface area contributed by atoms with Gasteiger partial charge in [-0.3, -0.25) is 0 Å². The predicted octanol–water partition coefficient (Wildman–Crippen LogP) is 0.379. The van der Waals surface area contributed by atoms with Gasteiger partial charge in [-0.2, -0.15) is 4.98 Å². The largest absolute Gasteiger partial charge is 0.474 e. The summed E-state index contributed by atoms with van der Waals surface area (Å²) in [5.74, 6) is 0.395. The second kappa shape index (κ2) is 5.09. The summed E-state index contributed by atoms with van der Waals surface area (Å²) in [5, 5.41) is 0. The molecule has 1 aromatic heterocycles. The van der Waals surface area contributed by atoms with E-state index in [1.807, 2.05) is 0 Å². The van der Waals surface area contributed by atoms with E-state index < -0.39 is 5.97 Å². The van der Waals surface area contributed by atoms with Crippen LogP contribution in [0.1, 0.15) is 23.5 Å². The molecule has 6 nitrogen and oxygen atoms in total. The van der Waals surface area contributed by atoms with Crippen LogP contribution in [-0.2, 0) is 4.74 Å². The molecule has 0 amide bonds. The normalized spacial score (nSPS) is 22.7. The maximum absolute atomic E-state index is 11.2. The fourth-order valence-corrected chi connectivity index (χ4v) is 1.73. The van der Waals surface area contributed by atoms with Gasteiger partial charge < -0.3 is 15.2 Å². The van der Waals surface area contributed by atoms with Crippen molar-refractivity contribution in [3.8, 4) is 5.88 Å². The highest BCUT2D eigenvalue weighted by Crippen LogP contribution is 2.29. The third-order valence-electron chi connectivity index (χ3n) is 2.81. The number of carbonyl (C=O) groups is 1. The van der Waals surface area contributed by atoms with Crippen LogP contribution in [0.3, 0.4) is 0 Å². The molecule has 1 aromatic rings. The van der Waals surface area contributed by atoms with E-state index in [1.54, 1.807) is 6.07 Å². The SMILES string of the molecule is COC(=O)c1nccc(OC2CC(CN)C2)n1. The maximum Gasteiger partial charge on any atom is 0.376 e. The Morgan fingerprint density at radius 2 is 2.35 bits per heavy atom. The molecule has 2 N–H and O–H groups in total. The summed E-state index contributed by atoms with van der Waals surface area (Å²) < 4.78 is 10.1. The first kappa shape index (κ1) is 11.8. The number of esters is 1. The van der Waals surface area contributed by atoms with Gasteiger partial charge in [0.2, 0.25) is 11.7 Å². The summed E-state index contributed by atoms with van der Waals surface area (Å²) in [6, 6.07) is 1.63. The zero-order valence-corrected chi connectivity index (χ0v) is 9.63. The van der Waals surface area contributed by atoms with Gasteiger partial charge in [-0.25, -0.2) is 9.78 Å². The number of methoxy groups -OCH3 is 1. The van der Waals surface area contributed by atoms with Gasteiger partial charge in [0, 0.05) is 12.3 Å². The van der Waals surface area contributed by atoms with Crippen molar-refractivity contribution >= 4 is 5.97 Å². The van der Waals surface area contributed by atoms with Crippen LogP contribution in [0.15, 0.2) is 12.3 Å². The number of carbonyl (C=O) groups excluding carboxylic acids is 1. The molecule has 0 aliphatic heterocycles. The Morgan fingerprint density at radius 1 is 1.59 bits per heavy atom. The van der Waals surface area contributed by atoms with Gasteiger partial charge in [-0.15, -0.1) is 0 Å². The van der Waals surface area contributed by atoms with Crippen molar-refractivity contribution in [1.82, 2.24) is 9.97 Å². The van der Waals surface area contributed by atoms with E-state index in [-0.39, 0.29) is 11.9 Å². The number of ether oxygens (including phenoxy) is 2. The lowest BCUT2D eigenvalue weighted by molar-refractivity contribution is 0.0559. The van der Waals surface area contributed by atoms with Crippen molar-refractivity contribution in [3.05, 3.63) is 18.1 Å². The van der Waals surface area contributed by atoms with Crippen LogP contribution >= 0.6 is 0 Å². The van der Waals surface area contributed by atoms with Crippen LogP contribution in [0.2, 0.25) is 0 Å². The molecule has 1 aliphatic carbocycles. The zero-order chi connectivity index (χ0) is 12.3. The van der Waals surface area contributed by atoms with E-state index >= 15 is 0 Å². The first-order chi connectivity index (χ1) is 8.22. The second-order valence-electron chi connectivity index (χ2n) is 4.02. The topological polar surface area (TPSA) is 87.3 Å². The summed E-state index contributed by atoms with van der Waals surface area (Å²) in [6.45, 7) is 0.692. The Labute approximate surface area is 99.1 Å². The molecule has 0 spiro atoms. The molecule has 0 bridgehead atoms. The second-order valence-corrected chi connectivity index (χ2v) is 4.02. The Hall–Kier alpha value is -1.69. The van der Waals surface area contributed by atoms with Crippen LogP contribution in [0.5, 0.6) is 5.88 Å². The molecule has 6 heteroatoms. The lowest BCUT2D eigenvalue weighted by Crippen LogP contribution is -2.38. The fraction of sp³-hybridized carbons (Fsp3) is 0.545. The summed E-state index contributed by atoms with van der Waals surface area (Å²) in [5.41, 5.74) is 5.53. The molecular formula is C11H15N3O3. The fourth-order valence-electron chi connectivity index (χ4n) is 1.73. The standard InChI is InChI=1S/C11H15N3O3/c1-16-11(15)10-13-3-2-9(14-10)17-8-4-7(5-8)6-12/h2-3,7-8H,4-6,12H2,1H3. The minimum Gasteiger partial charge on any atom is -0.474 e. The molecule has 1 heterocycles. The van der Waals surface area contributed by atoms with Gasteiger partial charge in [0.15, 0.2) is 0 Å². The van der Waals surface area contributed by atoms with E-state index in [0.29, 0.717) is 18.3 Å². The molecule has 92 valence electrons. The molecule has 0 unspecified atom stereocenters. The predicted molar refractivity (Wildman–Crippen MR) is 59.6 cm³/mol. The van der Waals surface area contributed by atoms with E-state index in [9.17, 15) is 4.79 Å². The van der Waals surface area contributed by atoms with Crippen molar-refractivity contribution in [1.29, 1.82) is 0 Å². The van der Waals surface area contributed by atoms with Gasteiger partial charge in [0.05, 0.1) is 7.11 Å². The molecule has 0 atom stereocenters. The quantitative estimate of drug-likeness (QED) is 0.762. The molecular weight excluding hydrogens is 222 g/mol. The Morgan fingerprint density at radius 3 is 3.00 bits per heavy atom. The summed E-state index contributed by atoms with van der Waals surface area (Å²) in [4.78, 5) is 19.0. The average molecular weight is 237 g/mol. The first-order valence-corrected chi connectivity index (χ1v) is 5.51. The number of rotatable bonds is 4. The van der Waals surface area contributed by atoms with Crippen LogP contribution in [0.4, 0.5) is 0 Å². The lowest BCUT2D eigenvalue weighted by Gasteiger charge is -2.33. The van der Waals surface area contributed by atoms with Gasteiger partial charge in [-0.05, 0) is 25.3 Å².